The number of carbonyl (C=O) groups is 1. The second-order valence-electron chi connectivity index (χ2n) is 9.18. The highest BCUT2D eigenvalue weighted by Crippen LogP contribution is 2.30. The lowest BCUT2D eigenvalue weighted by Gasteiger charge is -2.42. The summed E-state index contributed by atoms with van der Waals surface area (Å²) in [6.45, 7) is 6.09. The highest BCUT2D eigenvalue weighted by Gasteiger charge is 2.30. The van der Waals surface area contributed by atoms with Crippen LogP contribution in [-0.4, -0.2) is 71.1 Å². The Morgan fingerprint density at radius 2 is 1.78 bits per heavy atom. The molecule has 4 heterocycles. The number of hydrogen-bond acceptors (Lipinski definition) is 6. The van der Waals surface area contributed by atoms with Crippen molar-refractivity contribution in [1.82, 2.24) is 25.0 Å². The largest absolute Gasteiger partial charge is 0.378 e. The van der Waals surface area contributed by atoms with Gasteiger partial charge < -0.3 is 20.3 Å². The Kier molecular flexibility index (Phi) is 6.23. The van der Waals surface area contributed by atoms with Gasteiger partial charge in [-0.25, -0.2) is 9.48 Å². The summed E-state index contributed by atoms with van der Waals surface area (Å²) in [5.41, 5.74) is 3.68. The van der Waals surface area contributed by atoms with Crippen LogP contribution in [0.2, 0.25) is 0 Å². The number of anilines is 2. The van der Waals surface area contributed by atoms with Crippen LogP contribution in [0.25, 0.3) is 16.6 Å². The number of para-hydroxylation sites is 1. The van der Waals surface area contributed by atoms with E-state index in [0.29, 0.717) is 12.6 Å². The van der Waals surface area contributed by atoms with E-state index in [1.165, 1.54) is 0 Å². The summed E-state index contributed by atoms with van der Waals surface area (Å²) in [7, 11) is 0. The van der Waals surface area contributed by atoms with Gasteiger partial charge in [0.2, 0.25) is 0 Å². The van der Waals surface area contributed by atoms with E-state index < -0.39 is 0 Å². The molecule has 2 aliphatic rings. The number of rotatable bonds is 6. The fourth-order valence-corrected chi connectivity index (χ4v) is 4.76. The van der Waals surface area contributed by atoms with Crippen LogP contribution in [0.5, 0.6) is 0 Å². The minimum absolute atomic E-state index is 0.258. The first kappa shape index (κ1) is 22.5. The predicted octanol–water partition coefficient (Wildman–Crippen LogP) is 3.26. The van der Waals surface area contributed by atoms with Crippen molar-refractivity contribution in [2.45, 2.75) is 12.6 Å². The summed E-state index contributed by atoms with van der Waals surface area (Å²) < 4.78 is 7.36. The Labute approximate surface area is 209 Å². The van der Waals surface area contributed by atoms with Crippen molar-refractivity contribution in [2.24, 2.45) is 0 Å². The molecule has 36 heavy (non-hydrogen) atoms. The first-order valence-corrected chi connectivity index (χ1v) is 12.3. The van der Waals surface area contributed by atoms with Gasteiger partial charge in [0.05, 0.1) is 30.5 Å². The van der Waals surface area contributed by atoms with Crippen LogP contribution in [0.1, 0.15) is 5.56 Å². The fourth-order valence-electron chi connectivity index (χ4n) is 4.76. The molecule has 9 nitrogen and oxygen atoms in total. The quantitative estimate of drug-likeness (QED) is 0.438. The normalized spacial score (nSPS) is 16.6. The van der Waals surface area contributed by atoms with E-state index in [9.17, 15) is 4.79 Å². The van der Waals surface area contributed by atoms with Crippen LogP contribution in [0, 0.1) is 0 Å². The Balaban J connectivity index is 1.15. The molecule has 0 saturated carbocycles. The van der Waals surface area contributed by atoms with Gasteiger partial charge in [-0.05, 0) is 48.0 Å². The lowest BCUT2D eigenvalue weighted by molar-refractivity contribution is -0.0660. The Hall–Kier alpha value is -3.95. The van der Waals surface area contributed by atoms with E-state index in [0.717, 1.165) is 73.1 Å². The van der Waals surface area contributed by atoms with Gasteiger partial charge in [-0.2, -0.15) is 0 Å². The van der Waals surface area contributed by atoms with Crippen molar-refractivity contribution in [3.63, 3.8) is 0 Å². The standard InChI is InChI=1S/C27H29N7O2/c35-27(29-17-20-4-3-11-28-16-20)30-21-7-9-22(10-8-21)34-25-6-2-1-5-24(25)26(31-34)33-14-12-32(13-15-33)23-18-36-19-23/h1-11,16,23H,12-15,17-19H2,(H2,29,30,35). The Morgan fingerprint density at radius 1 is 0.972 bits per heavy atom. The van der Waals surface area contributed by atoms with E-state index >= 15 is 0 Å². The van der Waals surface area contributed by atoms with Crippen LogP contribution in [0.3, 0.4) is 0 Å². The number of hydrogen-bond donors (Lipinski definition) is 2. The molecule has 0 bridgehead atoms. The Bertz CT molecular complexity index is 1330. The van der Waals surface area contributed by atoms with Crippen molar-refractivity contribution < 1.29 is 9.53 Å². The molecule has 0 atom stereocenters. The van der Waals surface area contributed by atoms with Crippen molar-refractivity contribution in [1.29, 1.82) is 0 Å². The summed E-state index contributed by atoms with van der Waals surface area (Å²) in [6, 6.07) is 20.2. The summed E-state index contributed by atoms with van der Waals surface area (Å²) in [5.74, 6) is 1.02. The summed E-state index contributed by atoms with van der Waals surface area (Å²) in [6.07, 6.45) is 3.45. The monoisotopic (exact) mass is 483 g/mol. The smallest absolute Gasteiger partial charge is 0.319 e. The van der Waals surface area contributed by atoms with Gasteiger partial charge in [0, 0.05) is 56.2 Å². The van der Waals surface area contributed by atoms with E-state index in [1.54, 1.807) is 12.4 Å². The summed E-state index contributed by atoms with van der Waals surface area (Å²) in [5, 5.41) is 11.9. The molecule has 184 valence electrons. The maximum Gasteiger partial charge on any atom is 0.319 e. The molecule has 2 N–H and O–H groups in total. The van der Waals surface area contributed by atoms with Gasteiger partial charge in [-0.1, -0.05) is 18.2 Å². The number of nitrogens with one attached hydrogen (secondary N) is 2. The molecule has 0 unspecified atom stereocenters. The molecular formula is C27H29N7O2. The second kappa shape index (κ2) is 9.96. The molecular weight excluding hydrogens is 454 g/mol. The van der Waals surface area contributed by atoms with Crippen LogP contribution in [0.15, 0.2) is 73.1 Å². The lowest BCUT2D eigenvalue weighted by atomic mass is 10.1. The predicted molar refractivity (Wildman–Crippen MR) is 140 cm³/mol. The number of pyridine rings is 1. The van der Waals surface area contributed by atoms with Crippen molar-refractivity contribution >= 4 is 28.4 Å². The van der Waals surface area contributed by atoms with Gasteiger partial charge in [-0.15, -0.1) is 5.10 Å². The zero-order valence-corrected chi connectivity index (χ0v) is 20.0. The zero-order valence-electron chi connectivity index (χ0n) is 20.0. The molecule has 6 rings (SSSR count). The van der Waals surface area contributed by atoms with Gasteiger partial charge in [0.1, 0.15) is 0 Å². The molecule has 2 aromatic heterocycles. The van der Waals surface area contributed by atoms with E-state index in [1.807, 2.05) is 47.1 Å². The average molecular weight is 484 g/mol. The van der Waals surface area contributed by atoms with E-state index in [-0.39, 0.29) is 6.03 Å². The number of urea groups is 1. The molecule has 9 heteroatoms. The third-order valence-corrected chi connectivity index (χ3v) is 6.86. The van der Waals surface area contributed by atoms with Crippen LogP contribution < -0.4 is 15.5 Å². The molecule has 2 fully saturated rings. The van der Waals surface area contributed by atoms with Gasteiger partial charge in [0.15, 0.2) is 5.82 Å². The zero-order chi connectivity index (χ0) is 24.3. The van der Waals surface area contributed by atoms with Crippen molar-refractivity contribution in [3.8, 4) is 5.69 Å². The summed E-state index contributed by atoms with van der Waals surface area (Å²) >= 11 is 0. The molecule has 0 aliphatic carbocycles. The number of benzene rings is 2. The molecule has 2 amide bonds. The third-order valence-electron chi connectivity index (χ3n) is 6.86. The van der Waals surface area contributed by atoms with Crippen LogP contribution >= 0.6 is 0 Å². The second-order valence-corrected chi connectivity index (χ2v) is 9.18. The number of aromatic nitrogens is 3. The molecule has 0 radical (unpaired) electrons. The minimum Gasteiger partial charge on any atom is -0.378 e. The number of nitrogens with zero attached hydrogens (tertiary/aromatic N) is 5. The highest BCUT2D eigenvalue weighted by molar-refractivity contribution is 5.92. The first-order chi connectivity index (χ1) is 17.7. The van der Waals surface area contributed by atoms with Crippen molar-refractivity contribution in [2.75, 3.05) is 49.6 Å². The van der Waals surface area contributed by atoms with Gasteiger partial charge >= 0.3 is 6.03 Å². The van der Waals surface area contributed by atoms with Gasteiger partial charge in [0.25, 0.3) is 0 Å². The molecule has 4 aromatic rings. The lowest BCUT2D eigenvalue weighted by Crippen LogP contribution is -2.56. The maximum absolute atomic E-state index is 12.3. The Morgan fingerprint density at radius 3 is 2.50 bits per heavy atom. The number of carbonyl (C=O) groups excluding carboxylic acids is 1. The van der Waals surface area contributed by atoms with Crippen LogP contribution in [-0.2, 0) is 11.3 Å². The molecule has 2 aromatic carbocycles. The third kappa shape index (κ3) is 4.62. The highest BCUT2D eigenvalue weighted by atomic mass is 16.5. The van der Waals surface area contributed by atoms with E-state index in [4.69, 9.17) is 9.84 Å². The molecule has 2 aliphatic heterocycles. The number of fused-ring (bicyclic) bond motifs is 1. The summed E-state index contributed by atoms with van der Waals surface area (Å²) in [4.78, 5) is 21.3. The average Bonchev–Trinajstić information content (AvgIpc) is 3.28. The van der Waals surface area contributed by atoms with E-state index in [2.05, 4.69) is 43.6 Å². The molecule has 2 saturated heterocycles. The first-order valence-electron chi connectivity index (χ1n) is 12.3. The SMILES string of the molecule is O=C(NCc1cccnc1)Nc1ccc(-n2nc(N3CCN(C4COC4)CC3)c3ccccc32)cc1. The minimum atomic E-state index is -0.258. The number of piperazine rings is 1. The van der Waals surface area contributed by atoms with Crippen molar-refractivity contribution in [3.05, 3.63) is 78.6 Å². The van der Waals surface area contributed by atoms with Gasteiger partial charge in [-0.3, -0.25) is 9.88 Å². The topological polar surface area (TPSA) is 87.5 Å². The van der Waals surface area contributed by atoms with Crippen LogP contribution in [0.4, 0.5) is 16.3 Å². The number of amides is 2. The fraction of sp³-hybridized carbons (Fsp3) is 0.296. The molecule has 0 spiro atoms. The number of ether oxygens (including phenoxy) is 1. The maximum atomic E-state index is 12.3.